The highest BCUT2D eigenvalue weighted by Gasteiger charge is 2.51. The van der Waals surface area contributed by atoms with Gasteiger partial charge in [0.1, 0.15) is 66.5 Å². The van der Waals surface area contributed by atoms with Crippen molar-refractivity contribution in [1.82, 2.24) is 0 Å². The van der Waals surface area contributed by atoms with Crippen LogP contribution in [0.4, 0.5) is 5.69 Å². The molecule has 0 bridgehead atoms. The molecule has 378 valence electrons. The Morgan fingerprint density at radius 1 is 0.533 bits per heavy atom. The fourth-order valence-electron chi connectivity index (χ4n) is 8.83. The smallest absolute Gasteiger partial charge is 0.193 e. The third kappa shape index (κ3) is 14.3. The molecule has 8 aromatic carbocycles. The van der Waals surface area contributed by atoms with Gasteiger partial charge in [0.05, 0.1) is 38.6 Å². The first kappa shape index (κ1) is 51.6. The number of phenolic OH excluding ortho intramolecular Hbond substituents is 1. The van der Waals surface area contributed by atoms with E-state index in [0.717, 1.165) is 38.9 Å². The monoisotopic (exact) mass is 999 g/mol. The van der Waals surface area contributed by atoms with Gasteiger partial charge in [0, 0.05) is 16.7 Å². The number of ether oxygens (including phenoxy) is 7. The van der Waals surface area contributed by atoms with Crippen LogP contribution in [0.2, 0.25) is 0 Å². The van der Waals surface area contributed by atoms with Crippen molar-refractivity contribution in [2.75, 3.05) is 6.61 Å². The second kappa shape index (κ2) is 26.6. The minimum absolute atomic E-state index is 0.0255. The van der Waals surface area contributed by atoms with E-state index in [1.54, 1.807) is 24.3 Å². The zero-order valence-corrected chi connectivity index (χ0v) is 41.3. The second-order valence-corrected chi connectivity index (χ2v) is 17.9. The highest BCUT2D eigenvalue weighted by atomic mass is 16.6. The van der Waals surface area contributed by atoms with Gasteiger partial charge in [-0.15, -0.1) is 0 Å². The summed E-state index contributed by atoms with van der Waals surface area (Å²) in [6.45, 7) is 0.861. The molecule has 12 nitrogen and oxygen atoms in total. The summed E-state index contributed by atoms with van der Waals surface area (Å²) >= 11 is 0. The van der Waals surface area contributed by atoms with Gasteiger partial charge in [0.2, 0.25) is 0 Å². The Kier molecular flexibility index (Phi) is 18.3. The van der Waals surface area contributed by atoms with Crippen LogP contribution in [-0.4, -0.2) is 41.9 Å². The average molecular weight is 1000 g/mol. The quantitative estimate of drug-likeness (QED) is 0.0205. The van der Waals surface area contributed by atoms with Crippen molar-refractivity contribution in [2.24, 2.45) is 5.11 Å². The van der Waals surface area contributed by atoms with Crippen LogP contribution in [0.5, 0.6) is 17.2 Å². The van der Waals surface area contributed by atoms with E-state index in [4.69, 9.17) is 38.7 Å². The molecule has 1 fully saturated rings. The molecule has 1 heterocycles. The maximum Gasteiger partial charge on any atom is 0.193 e. The van der Waals surface area contributed by atoms with Crippen LogP contribution in [0.25, 0.3) is 16.5 Å². The lowest BCUT2D eigenvalue weighted by molar-refractivity contribution is -0.275. The number of hydrogen-bond acceptors (Lipinski definition) is 10. The number of benzene rings is 8. The lowest BCUT2D eigenvalue weighted by Crippen LogP contribution is -2.58. The van der Waals surface area contributed by atoms with Crippen molar-refractivity contribution in [1.29, 1.82) is 0 Å². The van der Waals surface area contributed by atoms with Gasteiger partial charge in [-0.25, -0.2) is 0 Å². The first-order valence-corrected chi connectivity index (χ1v) is 24.8. The molecule has 5 atom stereocenters. The van der Waals surface area contributed by atoms with E-state index in [9.17, 15) is 9.90 Å². The van der Waals surface area contributed by atoms with Gasteiger partial charge in [-0.1, -0.05) is 217 Å². The highest BCUT2D eigenvalue weighted by molar-refractivity contribution is 6.11. The fraction of sp³-hybridized carbons (Fsp3) is 0.190. The number of aromatic hydroxyl groups is 1. The molecule has 1 saturated heterocycles. The summed E-state index contributed by atoms with van der Waals surface area (Å²) in [5.41, 5.74) is 15.6. The maximum absolute atomic E-state index is 14.9. The minimum Gasteiger partial charge on any atom is -0.506 e. The zero-order valence-electron chi connectivity index (χ0n) is 41.3. The van der Waals surface area contributed by atoms with Crippen LogP contribution >= 0.6 is 0 Å². The van der Waals surface area contributed by atoms with E-state index >= 15 is 0 Å². The highest BCUT2D eigenvalue weighted by Crippen LogP contribution is 2.49. The van der Waals surface area contributed by atoms with Crippen molar-refractivity contribution in [3.05, 3.63) is 279 Å². The number of azide groups is 1. The fourth-order valence-corrected chi connectivity index (χ4v) is 8.83. The molecule has 1 N–H and O–H groups in total. The summed E-state index contributed by atoms with van der Waals surface area (Å²) in [6, 6.07) is 66.8. The summed E-state index contributed by atoms with van der Waals surface area (Å²) in [7, 11) is 0. The number of carbonyl (C=O) groups excluding carboxylic acids is 1. The van der Waals surface area contributed by atoms with Gasteiger partial charge >= 0.3 is 0 Å². The third-order valence-corrected chi connectivity index (χ3v) is 12.6. The topological polar surface area (TPSA) is 151 Å². The van der Waals surface area contributed by atoms with Crippen LogP contribution in [0.3, 0.4) is 0 Å². The number of nitrogens with zero attached hydrogens (tertiary/aromatic N) is 3. The van der Waals surface area contributed by atoms with Gasteiger partial charge in [-0.05, 0) is 50.6 Å². The molecule has 1 aliphatic rings. The average Bonchev–Trinajstić information content (AvgIpc) is 3.46. The van der Waals surface area contributed by atoms with Gasteiger partial charge in [0.25, 0.3) is 0 Å². The van der Waals surface area contributed by atoms with Crippen LogP contribution in [0, 0.1) is 0 Å². The van der Waals surface area contributed by atoms with Crippen LogP contribution < -0.4 is 9.47 Å². The first-order chi connectivity index (χ1) is 37.0. The molecule has 8 aromatic rings. The summed E-state index contributed by atoms with van der Waals surface area (Å²) in [4.78, 5) is 17.8. The number of phenols is 1. The Bertz CT molecular complexity index is 3110. The summed E-state index contributed by atoms with van der Waals surface area (Å²) in [6.07, 6.45) is -1.72. The molecule has 0 amide bonds. The standard InChI is InChI=1S/C63H57N3O9/c64-66-65-52-34-31-51(32-35-52)43-74-63-61(75-56(44-69-38-46-21-9-2-10-22-46)60(72-41-49-27-15-5-16-28-49)62(63)73-42-50-29-17-6-18-30-50)58-55(71-40-48-25-13-4-14-26-48)37-54(70-39-47-23-11-3-12-24-47)57(59(58)68)53(67)36-33-45-19-7-1-8-20-45/h1-37,56,60-63,68H,38-44H2/b36-33+/t56-,60-,61+,62+,63+/m1/s1. The molecule has 0 spiro atoms. The van der Waals surface area contributed by atoms with E-state index in [0.29, 0.717) is 5.69 Å². The van der Waals surface area contributed by atoms with Crippen molar-refractivity contribution < 1.29 is 43.1 Å². The van der Waals surface area contributed by atoms with Crippen molar-refractivity contribution in [3.63, 3.8) is 0 Å². The SMILES string of the molecule is [N-]=[N+]=Nc1ccc(CO[C@@H]2[C@@H](OCc3ccccc3)[C@H](OCc3ccccc3)[C@@H](COCc3ccccc3)O[C@H]2c2c(OCc3ccccc3)cc(OCc3ccccc3)c(C(=O)/C=C/c3ccccc3)c2O)cc1. The molecule has 12 heteroatoms. The lowest BCUT2D eigenvalue weighted by Gasteiger charge is -2.46. The van der Waals surface area contributed by atoms with Crippen LogP contribution in [-0.2, 0) is 63.3 Å². The normalized spacial score (nSPS) is 17.3. The number of hydrogen-bond donors (Lipinski definition) is 1. The second-order valence-electron chi connectivity index (χ2n) is 17.9. The summed E-state index contributed by atoms with van der Waals surface area (Å²) in [5.74, 6) is -0.650. The Balaban J connectivity index is 1.21. The van der Waals surface area contributed by atoms with Crippen LogP contribution in [0.15, 0.2) is 224 Å². The predicted octanol–water partition coefficient (Wildman–Crippen LogP) is 13.8. The lowest BCUT2D eigenvalue weighted by atomic mass is 9.87. The molecular weight excluding hydrogens is 943 g/mol. The van der Waals surface area contributed by atoms with Crippen LogP contribution in [0.1, 0.15) is 61.0 Å². The number of ketones is 1. The van der Waals surface area contributed by atoms with Gasteiger partial charge in [0.15, 0.2) is 5.78 Å². The van der Waals surface area contributed by atoms with Gasteiger partial charge < -0.3 is 38.3 Å². The number of rotatable bonds is 24. The molecule has 0 saturated carbocycles. The molecule has 1 aliphatic heterocycles. The Morgan fingerprint density at radius 2 is 0.973 bits per heavy atom. The predicted molar refractivity (Wildman–Crippen MR) is 287 cm³/mol. The van der Waals surface area contributed by atoms with E-state index in [1.165, 1.54) is 6.08 Å². The Hall–Kier alpha value is -8.32. The van der Waals surface area contributed by atoms with E-state index in [-0.39, 0.29) is 68.9 Å². The largest absolute Gasteiger partial charge is 0.506 e. The van der Waals surface area contributed by atoms with E-state index < -0.39 is 42.1 Å². The molecule has 0 radical (unpaired) electrons. The molecule has 0 aromatic heterocycles. The van der Waals surface area contributed by atoms with E-state index in [1.807, 2.05) is 194 Å². The molecule has 0 aliphatic carbocycles. The summed E-state index contributed by atoms with van der Waals surface area (Å²) in [5, 5.41) is 16.9. The Morgan fingerprint density at radius 3 is 1.49 bits per heavy atom. The minimum atomic E-state index is -1.20. The van der Waals surface area contributed by atoms with Gasteiger partial charge in [-0.2, -0.15) is 0 Å². The van der Waals surface area contributed by atoms with Crippen molar-refractivity contribution in [3.8, 4) is 17.2 Å². The van der Waals surface area contributed by atoms with Crippen molar-refractivity contribution >= 4 is 17.5 Å². The molecular formula is C63H57N3O9. The van der Waals surface area contributed by atoms with E-state index in [2.05, 4.69) is 10.0 Å². The summed E-state index contributed by atoms with van der Waals surface area (Å²) < 4.78 is 48.3. The third-order valence-electron chi connectivity index (χ3n) is 12.6. The molecule has 0 unspecified atom stereocenters. The Labute approximate surface area is 436 Å². The number of carbonyl (C=O) groups is 1. The molecule has 9 rings (SSSR count). The maximum atomic E-state index is 14.9. The zero-order chi connectivity index (χ0) is 51.4. The number of allylic oxidation sites excluding steroid dienone is 1. The molecule has 75 heavy (non-hydrogen) atoms. The van der Waals surface area contributed by atoms with Gasteiger partial charge in [-0.3, -0.25) is 4.79 Å². The first-order valence-electron chi connectivity index (χ1n) is 24.8. The van der Waals surface area contributed by atoms with Crippen molar-refractivity contribution in [2.45, 2.75) is 70.2 Å².